The van der Waals surface area contributed by atoms with E-state index in [9.17, 15) is 4.79 Å². The Morgan fingerprint density at radius 1 is 1.43 bits per heavy atom. The zero-order chi connectivity index (χ0) is 11.0. The van der Waals surface area contributed by atoms with Crippen molar-refractivity contribution in [3.63, 3.8) is 0 Å². The third kappa shape index (κ3) is 4.55. The first kappa shape index (κ1) is 13.4. The fourth-order valence-corrected chi connectivity index (χ4v) is 1.21. The van der Waals surface area contributed by atoms with Gasteiger partial charge in [-0.3, -0.25) is 0 Å². The number of hydrogen-bond acceptors (Lipinski definition) is 5. The first-order valence-electron chi connectivity index (χ1n) is 4.95. The van der Waals surface area contributed by atoms with Gasteiger partial charge in [-0.15, -0.1) is 0 Å². The summed E-state index contributed by atoms with van der Waals surface area (Å²) in [4.78, 5) is 15.1. The summed E-state index contributed by atoms with van der Waals surface area (Å²) in [6, 6.07) is 0. The highest BCUT2D eigenvalue weighted by Gasteiger charge is 2.22. The van der Waals surface area contributed by atoms with Gasteiger partial charge in [0.25, 0.3) is 0 Å². The molecule has 4 N–H and O–H groups in total. The molecule has 0 aromatic heterocycles. The Labute approximate surface area is 84.7 Å². The Balaban J connectivity index is 4.06. The molecular formula is C9H20N2O3. The average molecular weight is 204 g/mol. The van der Waals surface area contributed by atoms with Crippen LogP contribution in [0.25, 0.3) is 0 Å². The Kier molecular flexibility index (Phi) is 7.37. The van der Waals surface area contributed by atoms with E-state index in [1.54, 1.807) is 0 Å². The molecule has 0 bridgehead atoms. The molecule has 0 fully saturated rings. The second-order valence-corrected chi connectivity index (χ2v) is 3.12. The van der Waals surface area contributed by atoms with Gasteiger partial charge in [-0.05, 0) is 12.8 Å². The topological polar surface area (TPSA) is 87.6 Å². The van der Waals surface area contributed by atoms with Crippen molar-refractivity contribution >= 4 is 5.97 Å². The SMILES string of the molecule is CCCC(CC)OC(CN)C(=O)ON. The normalized spacial score (nSPS) is 14.9. The second kappa shape index (κ2) is 7.73. The fraction of sp³-hybridized carbons (Fsp3) is 0.889. The Bertz CT molecular complexity index is 164. The van der Waals surface area contributed by atoms with Crippen LogP contribution in [0.3, 0.4) is 0 Å². The molecule has 0 rings (SSSR count). The van der Waals surface area contributed by atoms with E-state index in [4.69, 9.17) is 16.4 Å². The van der Waals surface area contributed by atoms with Crippen LogP contribution in [0.15, 0.2) is 0 Å². The molecule has 0 aromatic carbocycles. The van der Waals surface area contributed by atoms with Gasteiger partial charge in [-0.25, -0.2) is 4.79 Å². The molecule has 0 spiro atoms. The maximum Gasteiger partial charge on any atom is 0.355 e. The lowest BCUT2D eigenvalue weighted by molar-refractivity contribution is -0.161. The number of rotatable bonds is 7. The van der Waals surface area contributed by atoms with E-state index in [1.165, 1.54) is 0 Å². The maximum absolute atomic E-state index is 11.0. The lowest BCUT2D eigenvalue weighted by atomic mass is 10.1. The van der Waals surface area contributed by atoms with Gasteiger partial charge in [0.05, 0.1) is 6.10 Å². The quantitative estimate of drug-likeness (QED) is 0.583. The summed E-state index contributed by atoms with van der Waals surface area (Å²) in [5.41, 5.74) is 5.37. The summed E-state index contributed by atoms with van der Waals surface area (Å²) in [7, 11) is 0. The molecular weight excluding hydrogens is 184 g/mol. The van der Waals surface area contributed by atoms with Crippen molar-refractivity contribution in [3.8, 4) is 0 Å². The van der Waals surface area contributed by atoms with Crippen LogP contribution in [0, 0.1) is 0 Å². The lowest BCUT2D eigenvalue weighted by Gasteiger charge is -2.20. The number of carbonyl (C=O) groups is 1. The molecule has 0 heterocycles. The predicted octanol–water partition coefficient (Wildman–Crippen LogP) is 0.326. The maximum atomic E-state index is 11.0. The summed E-state index contributed by atoms with van der Waals surface area (Å²) >= 11 is 0. The molecule has 5 heteroatoms. The Morgan fingerprint density at radius 2 is 2.07 bits per heavy atom. The van der Waals surface area contributed by atoms with E-state index in [1.807, 2.05) is 6.92 Å². The summed E-state index contributed by atoms with van der Waals surface area (Å²) in [6.07, 6.45) is 2.07. The van der Waals surface area contributed by atoms with Crippen LogP contribution in [-0.2, 0) is 14.4 Å². The molecule has 14 heavy (non-hydrogen) atoms. The summed E-state index contributed by atoms with van der Waals surface area (Å²) < 4.78 is 5.46. The summed E-state index contributed by atoms with van der Waals surface area (Å²) in [5.74, 6) is 4.15. The highest BCUT2D eigenvalue weighted by atomic mass is 16.7. The zero-order valence-corrected chi connectivity index (χ0v) is 8.86. The first-order valence-corrected chi connectivity index (χ1v) is 4.95. The van der Waals surface area contributed by atoms with Crippen LogP contribution in [-0.4, -0.2) is 24.7 Å². The molecule has 0 aliphatic heterocycles. The van der Waals surface area contributed by atoms with Crippen molar-refractivity contribution in [3.05, 3.63) is 0 Å². The minimum absolute atomic E-state index is 0.0487. The molecule has 2 unspecified atom stereocenters. The largest absolute Gasteiger partial charge is 0.371 e. The lowest BCUT2D eigenvalue weighted by Crippen LogP contribution is -2.38. The van der Waals surface area contributed by atoms with Gasteiger partial charge in [-0.2, -0.15) is 5.90 Å². The molecule has 84 valence electrons. The molecule has 0 saturated carbocycles. The van der Waals surface area contributed by atoms with E-state index in [0.29, 0.717) is 0 Å². The van der Waals surface area contributed by atoms with E-state index in [2.05, 4.69) is 11.8 Å². The van der Waals surface area contributed by atoms with E-state index in [-0.39, 0.29) is 12.6 Å². The van der Waals surface area contributed by atoms with Crippen LogP contribution >= 0.6 is 0 Å². The molecule has 2 atom stereocenters. The summed E-state index contributed by atoms with van der Waals surface area (Å²) in [5, 5.41) is 0. The van der Waals surface area contributed by atoms with Gasteiger partial charge in [-0.1, -0.05) is 20.3 Å². The highest BCUT2D eigenvalue weighted by Crippen LogP contribution is 2.09. The van der Waals surface area contributed by atoms with Gasteiger partial charge < -0.3 is 15.3 Å². The molecule has 0 radical (unpaired) electrons. The second-order valence-electron chi connectivity index (χ2n) is 3.12. The highest BCUT2D eigenvalue weighted by molar-refractivity contribution is 5.74. The fourth-order valence-electron chi connectivity index (χ4n) is 1.21. The zero-order valence-electron chi connectivity index (χ0n) is 8.86. The number of ether oxygens (including phenoxy) is 1. The van der Waals surface area contributed by atoms with Gasteiger partial charge in [0.2, 0.25) is 0 Å². The molecule has 0 aliphatic rings. The molecule has 0 aromatic rings. The number of hydrogen-bond donors (Lipinski definition) is 2. The first-order chi connectivity index (χ1) is 6.69. The van der Waals surface area contributed by atoms with Crippen molar-refractivity contribution in [2.24, 2.45) is 11.6 Å². The minimum atomic E-state index is -0.739. The third-order valence-electron chi connectivity index (χ3n) is 2.02. The third-order valence-corrected chi connectivity index (χ3v) is 2.02. The van der Waals surface area contributed by atoms with Crippen LogP contribution in [0.1, 0.15) is 33.1 Å². The Hall–Kier alpha value is -0.650. The number of carbonyl (C=O) groups excluding carboxylic acids is 1. The van der Waals surface area contributed by atoms with Crippen molar-refractivity contribution in [1.29, 1.82) is 0 Å². The van der Waals surface area contributed by atoms with Crippen LogP contribution in [0.5, 0.6) is 0 Å². The Morgan fingerprint density at radius 3 is 2.43 bits per heavy atom. The molecule has 0 amide bonds. The van der Waals surface area contributed by atoms with E-state index >= 15 is 0 Å². The van der Waals surface area contributed by atoms with Gasteiger partial charge in [0.15, 0.2) is 6.10 Å². The summed E-state index contributed by atoms with van der Waals surface area (Å²) in [6.45, 7) is 4.16. The molecule has 5 nitrogen and oxygen atoms in total. The van der Waals surface area contributed by atoms with E-state index < -0.39 is 12.1 Å². The minimum Gasteiger partial charge on any atom is -0.371 e. The smallest absolute Gasteiger partial charge is 0.355 e. The van der Waals surface area contributed by atoms with Crippen LogP contribution < -0.4 is 11.6 Å². The van der Waals surface area contributed by atoms with Gasteiger partial charge in [0.1, 0.15) is 0 Å². The van der Waals surface area contributed by atoms with Crippen LogP contribution in [0.2, 0.25) is 0 Å². The van der Waals surface area contributed by atoms with Crippen LogP contribution in [0.4, 0.5) is 0 Å². The molecule has 0 aliphatic carbocycles. The van der Waals surface area contributed by atoms with E-state index in [0.717, 1.165) is 19.3 Å². The number of nitrogens with two attached hydrogens (primary N) is 2. The van der Waals surface area contributed by atoms with Crippen molar-refractivity contribution in [1.82, 2.24) is 0 Å². The predicted molar refractivity (Wildman–Crippen MR) is 53.2 cm³/mol. The van der Waals surface area contributed by atoms with Crippen molar-refractivity contribution < 1.29 is 14.4 Å². The monoisotopic (exact) mass is 204 g/mol. The van der Waals surface area contributed by atoms with Gasteiger partial charge >= 0.3 is 5.97 Å². The average Bonchev–Trinajstić information content (AvgIpc) is 2.23. The van der Waals surface area contributed by atoms with Crippen molar-refractivity contribution in [2.75, 3.05) is 6.54 Å². The van der Waals surface area contributed by atoms with Crippen molar-refractivity contribution in [2.45, 2.75) is 45.3 Å². The molecule has 0 saturated heterocycles. The van der Waals surface area contributed by atoms with Gasteiger partial charge in [0, 0.05) is 6.54 Å². The standard InChI is InChI=1S/C9H20N2O3/c1-3-5-7(4-2)13-8(6-10)9(12)14-11/h7-8H,3-6,10-11H2,1-2H3.